The van der Waals surface area contributed by atoms with Crippen LogP contribution in [-0.4, -0.2) is 29.5 Å². The second-order valence-electron chi connectivity index (χ2n) is 6.68. The van der Waals surface area contributed by atoms with Crippen LogP contribution in [0.1, 0.15) is 38.8 Å². The molecule has 0 aliphatic heterocycles. The summed E-state index contributed by atoms with van der Waals surface area (Å²) in [5.41, 5.74) is 10.1. The maximum atomic E-state index is 5.88. The van der Waals surface area contributed by atoms with Crippen molar-refractivity contribution in [3.8, 4) is 0 Å². The van der Waals surface area contributed by atoms with Gasteiger partial charge in [-0.2, -0.15) is 0 Å². The maximum Gasteiger partial charge on any atom is 0.0489 e. The van der Waals surface area contributed by atoms with Gasteiger partial charge in [-0.05, 0) is 36.1 Å². The molecule has 3 heteroatoms. The fraction of sp³-hybridized carbons (Fsp3) is 0.556. The molecule has 1 aromatic heterocycles. The van der Waals surface area contributed by atoms with Crippen molar-refractivity contribution < 1.29 is 0 Å². The SMILES string of the molecule is CCc1cccc2c(CN(CC)CC(C)(C)CN)c[nH]c12. The van der Waals surface area contributed by atoms with Crippen LogP contribution in [0.5, 0.6) is 0 Å². The molecule has 0 fully saturated rings. The number of rotatable bonds is 7. The Labute approximate surface area is 128 Å². The first kappa shape index (κ1) is 16.1. The van der Waals surface area contributed by atoms with Gasteiger partial charge in [0.25, 0.3) is 0 Å². The number of benzene rings is 1. The van der Waals surface area contributed by atoms with E-state index in [1.54, 1.807) is 0 Å². The van der Waals surface area contributed by atoms with Gasteiger partial charge in [-0.15, -0.1) is 0 Å². The Morgan fingerprint density at radius 1 is 1.19 bits per heavy atom. The zero-order valence-electron chi connectivity index (χ0n) is 13.9. The van der Waals surface area contributed by atoms with E-state index in [9.17, 15) is 0 Å². The van der Waals surface area contributed by atoms with E-state index in [-0.39, 0.29) is 5.41 Å². The third kappa shape index (κ3) is 3.66. The average Bonchev–Trinajstić information content (AvgIpc) is 2.89. The van der Waals surface area contributed by atoms with Gasteiger partial charge in [0.2, 0.25) is 0 Å². The monoisotopic (exact) mass is 287 g/mol. The van der Waals surface area contributed by atoms with E-state index in [1.165, 1.54) is 22.0 Å². The van der Waals surface area contributed by atoms with Gasteiger partial charge in [0.05, 0.1) is 0 Å². The van der Waals surface area contributed by atoms with Crippen LogP contribution < -0.4 is 5.73 Å². The van der Waals surface area contributed by atoms with Crippen LogP contribution in [0.15, 0.2) is 24.4 Å². The summed E-state index contributed by atoms with van der Waals surface area (Å²) in [5.74, 6) is 0. The topological polar surface area (TPSA) is 45.0 Å². The molecule has 1 heterocycles. The summed E-state index contributed by atoms with van der Waals surface area (Å²) in [5, 5.41) is 1.36. The van der Waals surface area contributed by atoms with Gasteiger partial charge in [-0.25, -0.2) is 0 Å². The lowest BCUT2D eigenvalue weighted by atomic mass is 9.93. The highest BCUT2D eigenvalue weighted by atomic mass is 15.1. The quantitative estimate of drug-likeness (QED) is 0.818. The number of aromatic amines is 1. The van der Waals surface area contributed by atoms with Crippen LogP contribution in [0.4, 0.5) is 0 Å². The van der Waals surface area contributed by atoms with Crippen molar-refractivity contribution in [1.29, 1.82) is 0 Å². The molecule has 0 radical (unpaired) electrons. The molecule has 0 spiro atoms. The highest BCUT2D eigenvalue weighted by molar-refractivity contribution is 5.86. The number of aromatic nitrogens is 1. The Hall–Kier alpha value is -1.32. The number of aryl methyl sites for hydroxylation is 1. The second kappa shape index (κ2) is 6.63. The summed E-state index contributed by atoms with van der Waals surface area (Å²) >= 11 is 0. The summed E-state index contributed by atoms with van der Waals surface area (Å²) in [6, 6.07) is 6.60. The van der Waals surface area contributed by atoms with Crippen molar-refractivity contribution >= 4 is 10.9 Å². The maximum absolute atomic E-state index is 5.88. The molecule has 0 saturated carbocycles. The Morgan fingerprint density at radius 2 is 1.95 bits per heavy atom. The Balaban J connectivity index is 2.22. The first-order chi connectivity index (χ1) is 10.0. The van der Waals surface area contributed by atoms with Gasteiger partial charge < -0.3 is 10.7 Å². The second-order valence-corrected chi connectivity index (χ2v) is 6.68. The zero-order chi connectivity index (χ0) is 15.5. The lowest BCUT2D eigenvalue weighted by Gasteiger charge is -2.30. The molecule has 3 nitrogen and oxygen atoms in total. The number of nitrogens with zero attached hydrogens (tertiary/aromatic N) is 1. The molecular weight excluding hydrogens is 258 g/mol. The molecule has 2 aromatic rings. The van der Waals surface area contributed by atoms with Crippen molar-refractivity contribution in [2.75, 3.05) is 19.6 Å². The van der Waals surface area contributed by atoms with E-state index in [1.807, 2.05) is 0 Å². The molecule has 0 aliphatic rings. The van der Waals surface area contributed by atoms with Gasteiger partial charge in [0.1, 0.15) is 0 Å². The molecule has 0 aliphatic carbocycles. The highest BCUT2D eigenvalue weighted by Crippen LogP contribution is 2.24. The average molecular weight is 287 g/mol. The zero-order valence-corrected chi connectivity index (χ0v) is 13.9. The summed E-state index contributed by atoms with van der Waals surface area (Å²) < 4.78 is 0. The highest BCUT2D eigenvalue weighted by Gasteiger charge is 2.20. The van der Waals surface area contributed by atoms with E-state index in [0.29, 0.717) is 0 Å². The van der Waals surface area contributed by atoms with Gasteiger partial charge in [-0.3, -0.25) is 4.90 Å². The van der Waals surface area contributed by atoms with Crippen molar-refractivity contribution in [1.82, 2.24) is 9.88 Å². The number of hydrogen-bond acceptors (Lipinski definition) is 2. The fourth-order valence-corrected chi connectivity index (χ4v) is 2.89. The molecule has 0 atom stereocenters. The molecular formula is C18H29N3. The predicted octanol–water partition coefficient (Wildman–Crippen LogP) is 3.54. The summed E-state index contributed by atoms with van der Waals surface area (Å²) in [7, 11) is 0. The fourth-order valence-electron chi connectivity index (χ4n) is 2.89. The molecule has 0 amide bonds. The number of fused-ring (bicyclic) bond motifs is 1. The van der Waals surface area contributed by atoms with Gasteiger partial charge in [0.15, 0.2) is 0 Å². The lowest BCUT2D eigenvalue weighted by molar-refractivity contribution is 0.184. The minimum atomic E-state index is 0.163. The van der Waals surface area contributed by atoms with E-state index >= 15 is 0 Å². The predicted molar refractivity (Wildman–Crippen MR) is 91.5 cm³/mol. The summed E-state index contributed by atoms with van der Waals surface area (Å²) in [6.45, 7) is 12.7. The number of H-pyrrole nitrogens is 1. The Morgan fingerprint density at radius 3 is 2.57 bits per heavy atom. The van der Waals surface area contributed by atoms with E-state index in [0.717, 1.165) is 32.6 Å². The van der Waals surface area contributed by atoms with Crippen LogP contribution in [-0.2, 0) is 13.0 Å². The molecule has 21 heavy (non-hydrogen) atoms. The van der Waals surface area contributed by atoms with Gasteiger partial charge >= 0.3 is 0 Å². The molecule has 3 N–H and O–H groups in total. The molecule has 0 saturated heterocycles. The van der Waals surface area contributed by atoms with Crippen LogP contribution in [0, 0.1) is 5.41 Å². The van der Waals surface area contributed by atoms with Gasteiger partial charge in [0, 0.05) is 30.2 Å². The largest absolute Gasteiger partial charge is 0.361 e. The number of hydrogen-bond donors (Lipinski definition) is 2. The first-order valence-electron chi connectivity index (χ1n) is 8.01. The molecule has 2 rings (SSSR count). The summed E-state index contributed by atoms with van der Waals surface area (Å²) in [4.78, 5) is 5.94. The Kier molecular flexibility index (Phi) is 5.07. The Bertz CT molecular complexity index is 583. The van der Waals surface area contributed by atoms with Crippen molar-refractivity contribution in [2.24, 2.45) is 11.1 Å². The van der Waals surface area contributed by atoms with Crippen molar-refractivity contribution in [3.05, 3.63) is 35.5 Å². The van der Waals surface area contributed by atoms with Crippen LogP contribution in [0.2, 0.25) is 0 Å². The van der Waals surface area contributed by atoms with Gasteiger partial charge in [-0.1, -0.05) is 45.9 Å². The van der Waals surface area contributed by atoms with Crippen molar-refractivity contribution in [2.45, 2.75) is 40.7 Å². The molecule has 0 unspecified atom stereocenters. The molecule has 1 aromatic carbocycles. The first-order valence-corrected chi connectivity index (χ1v) is 8.01. The van der Waals surface area contributed by atoms with Crippen molar-refractivity contribution in [3.63, 3.8) is 0 Å². The van der Waals surface area contributed by atoms with E-state index < -0.39 is 0 Å². The minimum Gasteiger partial charge on any atom is -0.361 e. The van der Waals surface area contributed by atoms with Crippen LogP contribution >= 0.6 is 0 Å². The van der Waals surface area contributed by atoms with Crippen LogP contribution in [0.25, 0.3) is 10.9 Å². The normalized spacial score (nSPS) is 12.5. The minimum absolute atomic E-state index is 0.163. The number of para-hydroxylation sites is 1. The third-order valence-corrected chi connectivity index (χ3v) is 4.31. The van der Waals surface area contributed by atoms with Crippen LogP contribution in [0.3, 0.4) is 0 Å². The standard InChI is InChI=1S/C18H29N3/c1-5-14-8-7-9-16-15(10-20-17(14)16)11-21(6-2)13-18(3,4)12-19/h7-10,20H,5-6,11-13,19H2,1-4H3. The molecule has 0 bridgehead atoms. The molecule has 116 valence electrons. The number of nitrogens with one attached hydrogen (secondary N) is 1. The lowest BCUT2D eigenvalue weighted by Crippen LogP contribution is -2.38. The third-order valence-electron chi connectivity index (χ3n) is 4.31. The van der Waals surface area contributed by atoms with E-state index in [2.05, 4.69) is 62.0 Å². The summed E-state index contributed by atoms with van der Waals surface area (Å²) in [6.07, 6.45) is 3.23. The van der Waals surface area contributed by atoms with E-state index in [4.69, 9.17) is 5.73 Å². The smallest absolute Gasteiger partial charge is 0.0489 e. The number of nitrogens with two attached hydrogens (primary N) is 1.